The number of imide groups is 2. The molecule has 2 aromatic heterocycles. The first-order valence-corrected chi connectivity index (χ1v) is 27.1. The highest BCUT2D eigenvalue weighted by Crippen LogP contribution is 2.46. The summed E-state index contributed by atoms with van der Waals surface area (Å²) in [6.07, 6.45) is 0. The van der Waals surface area contributed by atoms with Crippen LogP contribution in [0, 0.1) is 0 Å². The predicted molar refractivity (Wildman–Crippen MR) is 318 cm³/mol. The van der Waals surface area contributed by atoms with Crippen LogP contribution in [0.4, 0.5) is 11.4 Å². The van der Waals surface area contributed by atoms with Crippen LogP contribution in [0.3, 0.4) is 0 Å². The molecular formula is C66H56Cl2N4O8. The zero-order chi connectivity index (χ0) is 57.8. The fourth-order valence-corrected chi connectivity index (χ4v) is 11.8. The number of nitrogens with zero attached hydrogens (tertiary/aromatic N) is 4. The standard InChI is InChI=1S/C66H56Cl2N4O8/c1-63(2,3)41-31-47(43(65(7,8)9)29-45(41)69-55(73)37-17-13-14-18-38(37)56(69)74)71-59(77)51-49(33-21-25-35(67)26-22-33)53-54(50(52(51)60(71)78)34-23-27-36(68)28-24-34)62(80)72(61(53)79)48-32-42(64(4,5)6)46(30-44(48)66(10,11)12)70-57(75)39-19-15-16-20-40(39)58(70)76/h13-32H,1-12H3. The average Bonchev–Trinajstić information content (AvgIpc) is 4.17. The molecule has 0 fully saturated rings. The minimum absolute atomic E-state index is 0.0260. The highest BCUT2D eigenvalue weighted by molar-refractivity contribution is 6.36. The van der Waals surface area contributed by atoms with Crippen molar-refractivity contribution >= 4 is 79.8 Å². The van der Waals surface area contributed by atoms with Crippen LogP contribution < -0.4 is 32.0 Å². The van der Waals surface area contributed by atoms with Gasteiger partial charge in [-0.2, -0.15) is 0 Å². The van der Waals surface area contributed by atoms with Crippen molar-refractivity contribution in [3.63, 3.8) is 0 Å². The van der Waals surface area contributed by atoms with Crippen molar-refractivity contribution in [3.05, 3.63) is 217 Å². The van der Waals surface area contributed by atoms with Crippen LogP contribution in [-0.2, 0) is 21.7 Å². The van der Waals surface area contributed by atoms with Gasteiger partial charge in [0.05, 0.1) is 66.5 Å². The minimum Gasteiger partial charge on any atom is -0.268 e. The van der Waals surface area contributed by atoms with Crippen molar-refractivity contribution in [2.24, 2.45) is 0 Å². The molecule has 0 bridgehead atoms. The van der Waals surface area contributed by atoms with Crippen LogP contribution in [0.2, 0.25) is 10.0 Å². The molecular weight excluding hydrogens is 1050 g/mol. The number of fused-ring (bicyclic) bond motifs is 4. The molecule has 14 heteroatoms. The monoisotopic (exact) mass is 1100 g/mol. The summed E-state index contributed by atoms with van der Waals surface area (Å²) in [6.45, 7) is 22.8. The first-order valence-electron chi connectivity index (χ1n) is 26.3. The highest BCUT2D eigenvalue weighted by atomic mass is 35.5. The van der Waals surface area contributed by atoms with E-state index in [0.29, 0.717) is 54.8 Å². The van der Waals surface area contributed by atoms with E-state index >= 15 is 19.2 Å². The van der Waals surface area contributed by atoms with Gasteiger partial charge in [0.25, 0.3) is 45.9 Å². The molecule has 0 aliphatic carbocycles. The first-order chi connectivity index (χ1) is 37.4. The van der Waals surface area contributed by atoms with E-state index in [1.165, 1.54) is 0 Å². The summed E-state index contributed by atoms with van der Waals surface area (Å²) < 4.78 is 2.16. The van der Waals surface area contributed by atoms with Crippen molar-refractivity contribution in [2.75, 3.05) is 9.80 Å². The molecule has 0 saturated heterocycles. The molecule has 11 rings (SSSR count). The van der Waals surface area contributed by atoms with Gasteiger partial charge in [0.1, 0.15) is 0 Å². The highest BCUT2D eigenvalue weighted by Gasteiger charge is 2.43. The summed E-state index contributed by atoms with van der Waals surface area (Å²) in [5.74, 6) is -2.04. The Morgan fingerprint density at radius 1 is 0.312 bits per heavy atom. The number of hydrogen-bond acceptors (Lipinski definition) is 8. The van der Waals surface area contributed by atoms with Crippen molar-refractivity contribution in [1.82, 2.24) is 9.13 Å². The topological polar surface area (TPSA) is 153 Å². The van der Waals surface area contributed by atoms with E-state index in [2.05, 4.69) is 0 Å². The third kappa shape index (κ3) is 8.08. The number of anilines is 2. The Balaban J connectivity index is 1.29. The third-order valence-corrected chi connectivity index (χ3v) is 15.9. The van der Waals surface area contributed by atoms with E-state index in [1.807, 2.05) is 83.1 Å². The van der Waals surface area contributed by atoms with Gasteiger partial charge in [-0.05, 0) is 128 Å². The SMILES string of the molecule is CC(C)(C)c1cc(-n2c(=O)c3c(-c4ccc(Cl)cc4)c4c(=O)n(-c5cc(C(C)(C)C)c(N6C(=O)c7ccccc7C6=O)cc5C(C)(C)C)c(=O)c4c(-c4ccc(Cl)cc4)c3c2=O)c(C(C)(C)C)cc1N1C(=O)c2ccccc2C1=O. The molecule has 0 unspecified atom stereocenters. The molecule has 0 saturated carbocycles. The second kappa shape index (κ2) is 18.1. The number of hydrogen-bond donors (Lipinski definition) is 0. The Labute approximate surface area is 471 Å². The second-order valence-electron chi connectivity index (χ2n) is 24.9. The van der Waals surface area contributed by atoms with Gasteiger partial charge in [-0.1, -0.05) is 155 Å². The largest absolute Gasteiger partial charge is 0.268 e. The maximum atomic E-state index is 16.2. The lowest BCUT2D eigenvalue weighted by Crippen LogP contribution is -2.34. The zero-order valence-corrected chi connectivity index (χ0v) is 47.9. The molecule has 0 N–H and O–H groups in total. The van der Waals surface area contributed by atoms with E-state index in [4.69, 9.17) is 23.2 Å². The minimum atomic E-state index is -0.841. The second-order valence-corrected chi connectivity index (χ2v) is 25.8. The Hall–Kier alpha value is -8.32. The summed E-state index contributed by atoms with van der Waals surface area (Å²) in [7, 11) is 0. The lowest BCUT2D eigenvalue weighted by atomic mass is 9.79. The summed E-state index contributed by atoms with van der Waals surface area (Å²) in [6, 6.07) is 32.9. The molecule has 2 aliphatic heterocycles. The molecule has 80 heavy (non-hydrogen) atoms. The van der Waals surface area contributed by atoms with Crippen molar-refractivity contribution in [1.29, 1.82) is 0 Å². The number of carbonyl (C=O) groups excluding carboxylic acids is 4. The van der Waals surface area contributed by atoms with Gasteiger partial charge in [-0.25, -0.2) is 18.9 Å². The van der Waals surface area contributed by atoms with Gasteiger partial charge in [0.15, 0.2) is 0 Å². The molecule has 4 amide bonds. The number of benzene rings is 7. The Kier molecular flexibility index (Phi) is 12.1. The average molecular weight is 1100 g/mol. The van der Waals surface area contributed by atoms with Gasteiger partial charge < -0.3 is 0 Å². The van der Waals surface area contributed by atoms with E-state index < -0.39 is 67.5 Å². The van der Waals surface area contributed by atoms with Crippen molar-refractivity contribution in [2.45, 2.75) is 105 Å². The number of amides is 4. The molecule has 0 atom stereocenters. The van der Waals surface area contributed by atoms with Crippen LogP contribution in [0.1, 0.15) is 147 Å². The number of rotatable bonds is 6. The first kappa shape index (κ1) is 53.7. The summed E-state index contributed by atoms with van der Waals surface area (Å²) in [5.41, 5.74) is -1.89. The van der Waals surface area contributed by atoms with E-state index in [-0.39, 0.29) is 66.3 Å². The maximum Gasteiger partial charge on any atom is 0.266 e. The van der Waals surface area contributed by atoms with E-state index in [1.54, 1.807) is 121 Å². The predicted octanol–water partition coefficient (Wildman–Crippen LogP) is 13.3. The van der Waals surface area contributed by atoms with Gasteiger partial charge in [0, 0.05) is 21.2 Å². The molecule has 12 nitrogen and oxygen atoms in total. The molecule has 4 heterocycles. The normalized spacial score (nSPS) is 14.1. The Morgan fingerprint density at radius 3 is 0.775 bits per heavy atom. The summed E-state index contributed by atoms with van der Waals surface area (Å²) in [4.78, 5) is 124. The summed E-state index contributed by atoms with van der Waals surface area (Å²) in [5, 5.41) is 0.128. The Morgan fingerprint density at radius 2 is 0.537 bits per heavy atom. The van der Waals surface area contributed by atoms with Crippen LogP contribution in [-0.4, -0.2) is 32.8 Å². The fraction of sp³-hybridized carbons (Fsp3) is 0.242. The lowest BCUT2D eigenvalue weighted by molar-refractivity contribution is 0.0909. The van der Waals surface area contributed by atoms with Crippen LogP contribution in [0.5, 0.6) is 0 Å². The van der Waals surface area contributed by atoms with Gasteiger partial charge in [0.2, 0.25) is 0 Å². The van der Waals surface area contributed by atoms with Gasteiger partial charge in [-0.15, -0.1) is 0 Å². The van der Waals surface area contributed by atoms with E-state index in [0.717, 1.165) is 18.9 Å². The van der Waals surface area contributed by atoms with E-state index in [9.17, 15) is 19.2 Å². The fourth-order valence-electron chi connectivity index (χ4n) is 11.6. The van der Waals surface area contributed by atoms with Crippen LogP contribution in [0.25, 0.3) is 55.2 Å². The smallest absolute Gasteiger partial charge is 0.266 e. The lowest BCUT2D eigenvalue weighted by Gasteiger charge is -2.31. The molecule has 402 valence electrons. The quantitative estimate of drug-likeness (QED) is 0.149. The van der Waals surface area contributed by atoms with Gasteiger partial charge in [-0.3, -0.25) is 38.4 Å². The maximum absolute atomic E-state index is 16.2. The van der Waals surface area contributed by atoms with Crippen molar-refractivity contribution < 1.29 is 19.2 Å². The molecule has 2 aliphatic rings. The zero-order valence-electron chi connectivity index (χ0n) is 46.4. The molecule has 9 aromatic rings. The Bertz CT molecular complexity index is 4030. The summed E-state index contributed by atoms with van der Waals surface area (Å²) >= 11 is 13.1. The third-order valence-electron chi connectivity index (χ3n) is 15.4. The number of carbonyl (C=O) groups is 4. The van der Waals surface area contributed by atoms with Gasteiger partial charge >= 0.3 is 0 Å². The van der Waals surface area contributed by atoms with Crippen LogP contribution in [0.15, 0.2) is 141 Å². The van der Waals surface area contributed by atoms with Crippen LogP contribution >= 0.6 is 23.2 Å². The number of aromatic nitrogens is 2. The molecule has 0 spiro atoms. The van der Waals surface area contributed by atoms with Crippen molar-refractivity contribution in [3.8, 4) is 33.6 Å². The molecule has 0 radical (unpaired) electrons. The number of halogens is 2. The molecule has 7 aromatic carbocycles.